The molecule has 2 aromatic carbocycles. The van der Waals surface area contributed by atoms with E-state index in [4.69, 9.17) is 14.1 Å². The van der Waals surface area contributed by atoms with Gasteiger partial charge in [-0.15, -0.1) is 0 Å². The first-order chi connectivity index (χ1) is 16.2. The summed E-state index contributed by atoms with van der Waals surface area (Å²) in [6.45, 7) is 1.78. The maximum Gasteiger partial charge on any atom is 0.416 e. The van der Waals surface area contributed by atoms with Crippen LogP contribution in [0.3, 0.4) is 0 Å². The molecule has 0 unspecified atom stereocenters. The van der Waals surface area contributed by atoms with Crippen LogP contribution in [0.25, 0.3) is 11.3 Å². The minimum absolute atomic E-state index is 0.103. The van der Waals surface area contributed by atoms with E-state index >= 15 is 0 Å². The monoisotopic (exact) mass is 480 g/mol. The molecule has 7 nitrogen and oxygen atoms in total. The Balaban J connectivity index is 1.87. The molecule has 0 aliphatic rings. The molecule has 0 spiro atoms. The minimum Gasteiger partial charge on any atom is -0.487 e. The summed E-state index contributed by atoms with van der Waals surface area (Å²) in [4.78, 5) is 17.0. The summed E-state index contributed by atoms with van der Waals surface area (Å²) in [5.74, 6) is -1.47. The second-order valence-corrected chi connectivity index (χ2v) is 6.98. The van der Waals surface area contributed by atoms with Crippen LogP contribution in [0.15, 0.2) is 58.2 Å². The highest BCUT2D eigenvalue weighted by Crippen LogP contribution is 2.33. The van der Waals surface area contributed by atoms with Gasteiger partial charge in [0.2, 0.25) is 0 Å². The number of ether oxygens (including phenoxy) is 2. The van der Waals surface area contributed by atoms with Crippen LogP contribution in [0.2, 0.25) is 0 Å². The Morgan fingerprint density at radius 2 is 1.85 bits per heavy atom. The number of methoxy groups -OCH3 is 1. The van der Waals surface area contributed by atoms with Crippen LogP contribution in [0.5, 0.6) is 5.75 Å². The Morgan fingerprint density at radius 3 is 2.50 bits per heavy atom. The van der Waals surface area contributed by atoms with E-state index in [1.807, 2.05) is 6.92 Å². The lowest BCUT2D eigenvalue weighted by Crippen LogP contribution is -2.15. The molecule has 0 bridgehead atoms. The Morgan fingerprint density at radius 1 is 1.12 bits per heavy atom. The molecule has 180 valence electrons. The second kappa shape index (κ2) is 10.8. The number of hydrogen-bond donors (Lipinski definition) is 0. The molecule has 0 aliphatic heterocycles. The van der Waals surface area contributed by atoms with E-state index < -0.39 is 23.5 Å². The summed E-state index contributed by atoms with van der Waals surface area (Å²) >= 11 is 0. The summed E-state index contributed by atoms with van der Waals surface area (Å²) in [6.07, 6.45) is -4.05. The molecular weight excluding hydrogens is 460 g/mol. The maximum atomic E-state index is 13.3. The number of hydrogen-bond acceptors (Lipinski definition) is 7. The van der Waals surface area contributed by atoms with Gasteiger partial charge in [-0.25, -0.2) is 9.18 Å². The molecule has 0 fully saturated rings. The van der Waals surface area contributed by atoms with Crippen molar-refractivity contribution in [3.05, 3.63) is 71.2 Å². The van der Waals surface area contributed by atoms with Crippen molar-refractivity contribution in [3.8, 4) is 17.0 Å². The van der Waals surface area contributed by atoms with Crippen molar-refractivity contribution in [2.24, 2.45) is 5.16 Å². The molecule has 0 radical (unpaired) electrons. The van der Waals surface area contributed by atoms with Gasteiger partial charge >= 0.3 is 12.1 Å². The molecule has 34 heavy (non-hydrogen) atoms. The highest BCUT2D eigenvalue weighted by atomic mass is 19.4. The van der Waals surface area contributed by atoms with Gasteiger partial charge in [-0.05, 0) is 48.9 Å². The van der Waals surface area contributed by atoms with E-state index in [1.165, 1.54) is 30.3 Å². The van der Waals surface area contributed by atoms with Crippen LogP contribution in [0.1, 0.15) is 35.0 Å². The van der Waals surface area contributed by atoms with E-state index in [0.717, 1.165) is 19.2 Å². The van der Waals surface area contributed by atoms with Gasteiger partial charge < -0.3 is 18.8 Å². The van der Waals surface area contributed by atoms with Crippen molar-refractivity contribution < 1.29 is 41.2 Å². The SMILES string of the molecule is CCCON=C(COc1cc(C(=O)OC)cc(C(F)(F)F)c1)c1cc(-c2ccc(F)cc2)no1. The lowest BCUT2D eigenvalue weighted by Gasteiger charge is -2.12. The molecule has 3 rings (SSSR count). The number of aromatic nitrogens is 1. The number of carbonyl (C=O) groups is 1. The minimum atomic E-state index is -4.71. The maximum absolute atomic E-state index is 13.3. The van der Waals surface area contributed by atoms with Gasteiger partial charge in [0.25, 0.3) is 0 Å². The second-order valence-electron chi connectivity index (χ2n) is 6.98. The molecule has 0 amide bonds. The first-order valence-electron chi connectivity index (χ1n) is 10.1. The summed E-state index contributed by atoms with van der Waals surface area (Å²) in [6, 6.07) is 9.60. The van der Waals surface area contributed by atoms with Gasteiger partial charge in [0.05, 0.1) is 18.2 Å². The molecule has 1 heterocycles. The third kappa shape index (κ3) is 6.33. The largest absolute Gasteiger partial charge is 0.487 e. The first-order valence-corrected chi connectivity index (χ1v) is 10.1. The number of halogens is 4. The van der Waals surface area contributed by atoms with E-state index in [9.17, 15) is 22.4 Å². The average molecular weight is 480 g/mol. The van der Waals surface area contributed by atoms with E-state index in [1.54, 1.807) is 0 Å². The molecule has 0 N–H and O–H groups in total. The van der Waals surface area contributed by atoms with Gasteiger partial charge in [-0.2, -0.15) is 13.2 Å². The smallest absolute Gasteiger partial charge is 0.416 e. The molecule has 0 aliphatic carbocycles. The van der Waals surface area contributed by atoms with Gasteiger partial charge in [0, 0.05) is 11.6 Å². The molecule has 3 aromatic rings. The number of rotatable bonds is 9. The third-order valence-electron chi connectivity index (χ3n) is 4.44. The average Bonchev–Trinajstić information content (AvgIpc) is 3.30. The van der Waals surface area contributed by atoms with E-state index in [0.29, 0.717) is 23.7 Å². The Hall–Kier alpha value is -3.89. The van der Waals surface area contributed by atoms with Crippen LogP contribution in [-0.4, -0.2) is 37.2 Å². The fourth-order valence-corrected chi connectivity index (χ4v) is 2.76. The summed E-state index contributed by atoms with van der Waals surface area (Å²) in [5, 5.41) is 7.86. The Labute approximate surface area is 191 Å². The summed E-state index contributed by atoms with van der Waals surface area (Å²) in [5.41, 5.74) is -0.348. The molecular formula is C23H20F4N2O5. The number of oxime groups is 1. The van der Waals surface area contributed by atoms with Crippen LogP contribution in [-0.2, 0) is 15.8 Å². The normalized spacial score (nSPS) is 11.9. The zero-order valence-corrected chi connectivity index (χ0v) is 18.2. The van der Waals surface area contributed by atoms with Crippen molar-refractivity contribution in [3.63, 3.8) is 0 Å². The first kappa shape index (κ1) is 24.7. The zero-order valence-electron chi connectivity index (χ0n) is 18.2. The lowest BCUT2D eigenvalue weighted by molar-refractivity contribution is -0.137. The number of carbonyl (C=O) groups excluding carboxylic acids is 1. The van der Waals surface area contributed by atoms with Crippen LogP contribution in [0.4, 0.5) is 17.6 Å². The summed E-state index contributed by atoms with van der Waals surface area (Å²) < 4.78 is 68.3. The van der Waals surface area contributed by atoms with Gasteiger partial charge in [-0.1, -0.05) is 17.2 Å². The predicted octanol–water partition coefficient (Wildman–Crippen LogP) is 5.50. The predicted molar refractivity (Wildman–Crippen MR) is 113 cm³/mol. The van der Waals surface area contributed by atoms with E-state index in [2.05, 4.69) is 15.0 Å². The van der Waals surface area contributed by atoms with E-state index in [-0.39, 0.29) is 36.0 Å². The molecule has 0 atom stereocenters. The molecule has 0 saturated heterocycles. The number of esters is 1. The lowest BCUT2D eigenvalue weighted by atomic mass is 10.1. The Bertz CT molecular complexity index is 1160. The van der Waals surface area contributed by atoms with Crippen LogP contribution >= 0.6 is 0 Å². The topological polar surface area (TPSA) is 83.2 Å². The molecule has 1 aromatic heterocycles. The number of benzene rings is 2. The molecule has 11 heteroatoms. The highest BCUT2D eigenvalue weighted by molar-refractivity contribution is 5.99. The van der Waals surface area contributed by atoms with Crippen molar-refractivity contribution >= 4 is 11.7 Å². The number of alkyl halides is 3. The molecule has 0 saturated carbocycles. The summed E-state index contributed by atoms with van der Waals surface area (Å²) in [7, 11) is 1.06. The van der Waals surface area contributed by atoms with Crippen molar-refractivity contribution in [1.82, 2.24) is 5.16 Å². The zero-order chi connectivity index (χ0) is 24.7. The van der Waals surface area contributed by atoms with Crippen LogP contribution < -0.4 is 4.74 Å². The van der Waals surface area contributed by atoms with Gasteiger partial charge in [0.15, 0.2) is 11.5 Å². The van der Waals surface area contributed by atoms with Gasteiger partial charge in [-0.3, -0.25) is 0 Å². The van der Waals surface area contributed by atoms with Gasteiger partial charge in [0.1, 0.15) is 30.5 Å². The quantitative estimate of drug-likeness (QED) is 0.132. The van der Waals surface area contributed by atoms with Crippen molar-refractivity contribution in [1.29, 1.82) is 0 Å². The fraction of sp³-hybridized carbons (Fsp3) is 0.261. The Kier molecular flexibility index (Phi) is 7.87. The highest BCUT2D eigenvalue weighted by Gasteiger charge is 2.32. The van der Waals surface area contributed by atoms with Crippen LogP contribution in [0, 0.1) is 5.82 Å². The fourth-order valence-electron chi connectivity index (χ4n) is 2.76. The third-order valence-corrected chi connectivity index (χ3v) is 4.44. The van der Waals surface area contributed by atoms with Crippen molar-refractivity contribution in [2.45, 2.75) is 19.5 Å². The van der Waals surface area contributed by atoms with Crippen molar-refractivity contribution in [2.75, 3.05) is 20.3 Å². The number of nitrogens with zero attached hydrogens (tertiary/aromatic N) is 2. The standard InChI is InChI=1S/C23H20F4N2O5/c1-3-8-33-28-20(21-12-19(29-34-21)14-4-6-17(24)7-5-14)13-32-18-10-15(22(30)31-2)9-16(11-18)23(25,26)27/h4-7,9-12H,3,8,13H2,1-2H3.